The lowest BCUT2D eigenvalue weighted by molar-refractivity contribution is 0.623. The van der Waals surface area contributed by atoms with Crippen molar-refractivity contribution in [1.29, 1.82) is 0 Å². The molecule has 0 bridgehead atoms. The van der Waals surface area contributed by atoms with Crippen LogP contribution in [0.1, 0.15) is 5.56 Å². The van der Waals surface area contributed by atoms with Gasteiger partial charge in [0.25, 0.3) is 4.74 Å². The second kappa shape index (κ2) is 4.53. The Balaban J connectivity index is 2.05. The predicted octanol–water partition coefficient (Wildman–Crippen LogP) is 4.38. The van der Waals surface area contributed by atoms with Gasteiger partial charge in [-0.1, -0.05) is 41.2 Å². The van der Waals surface area contributed by atoms with E-state index >= 15 is 0 Å². The van der Waals surface area contributed by atoms with E-state index in [0.29, 0.717) is 17.0 Å². The minimum atomic E-state index is -0.0641. The zero-order chi connectivity index (χ0) is 14.4. The number of hydrogen-bond donors (Lipinski definition) is 0. The molecule has 0 aliphatic rings. The van der Waals surface area contributed by atoms with Crippen molar-refractivity contribution >= 4 is 32.5 Å². The van der Waals surface area contributed by atoms with Gasteiger partial charge in [0, 0.05) is 15.6 Å². The van der Waals surface area contributed by atoms with E-state index in [0.717, 1.165) is 15.6 Å². The Morgan fingerprint density at radius 3 is 2.62 bits per heavy atom. The van der Waals surface area contributed by atoms with Gasteiger partial charge in [-0.15, -0.1) is 0 Å². The van der Waals surface area contributed by atoms with Crippen molar-refractivity contribution in [2.45, 2.75) is 6.92 Å². The molecule has 4 heteroatoms. The molecular weight excluding hydrogens is 282 g/mol. The summed E-state index contributed by atoms with van der Waals surface area (Å²) in [5.74, 6) is 0.491. The Morgan fingerprint density at radius 2 is 1.81 bits per heavy atom. The number of fused-ring (bicyclic) bond motifs is 3. The Labute approximate surface area is 124 Å². The average molecular weight is 293 g/mol. The first-order chi connectivity index (χ1) is 10.2. The van der Waals surface area contributed by atoms with Crippen molar-refractivity contribution in [1.82, 2.24) is 4.98 Å². The maximum atomic E-state index is 12.2. The average Bonchev–Trinajstić information content (AvgIpc) is 2.94. The summed E-state index contributed by atoms with van der Waals surface area (Å²) in [6.07, 6.45) is 0. The summed E-state index contributed by atoms with van der Waals surface area (Å²) in [5, 5.41) is 0.933. The lowest BCUT2D eigenvalue weighted by Gasteiger charge is -1.96. The van der Waals surface area contributed by atoms with Gasteiger partial charge in [-0.05, 0) is 31.2 Å². The highest BCUT2D eigenvalue weighted by atomic mass is 32.1. The maximum Gasteiger partial charge on any atom is 0.262 e. The fourth-order valence-electron chi connectivity index (χ4n) is 2.35. The van der Waals surface area contributed by atoms with Gasteiger partial charge in [0.1, 0.15) is 0 Å². The van der Waals surface area contributed by atoms with Crippen molar-refractivity contribution in [3.63, 3.8) is 0 Å². The summed E-state index contributed by atoms with van der Waals surface area (Å²) in [7, 11) is 0. The third-order valence-electron chi connectivity index (χ3n) is 3.45. The zero-order valence-corrected chi connectivity index (χ0v) is 12.1. The van der Waals surface area contributed by atoms with Crippen molar-refractivity contribution < 1.29 is 4.42 Å². The summed E-state index contributed by atoms with van der Waals surface area (Å²) >= 11 is 1.20. The van der Waals surface area contributed by atoms with Gasteiger partial charge in [-0.2, -0.15) is 0 Å². The number of benzene rings is 2. The number of aryl methyl sites for hydroxylation is 1. The Hall–Kier alpha value is -2.46. The third kappa shape index (κ3) is 1.96. The van der Waals surface area contributed by atoms with E-state index in [1.807, 2.05) is 55.5 Å². The van der Waals surface area contributed by atoms with E-state index in [1.165, 1.54) is 16.9 Å². The number of nitrogens with zero attached hydrogens (tertiary/aromatic N) is 1. The number of oxazole rings is 1. The molecule has 0 saturated heterocycles. The van der Waals surface area contributed by atoms with Crippen LogP contribution in [0.3, 0.4) is 0 Å². The molecule has 3 nitrogen and oxygen atoms in total. The number of aromatic nitrogens is 1. The Bertz CT molecular complexity index is 1010. The highest BCUT2D eigenvalue weighted by Crippen LogP contribution is 2.29. The van der Waals surface area contributed by atoms with E-state index in [4.69, 9.17) is 4.42 Å². The van der Waals surface area contributed by atoms with Gasteiger partial charge in [0.2, 0.25) is 5.89 Å². The fourth-order valence-corrected chi connectivity index (χ4v) is 3.20. The minimum absolute atomic E-state index is 0.0641. The largest absolute Gasteiger partial charge is 0.435 e. The van der Waals surface area contributed by atoms with Gasteiger partial charge < -0.3 is 4.42 Å². The van der Waals surface area contributed by atoms with Crippen LogP contribution in [0.25, 0.3) is 32.6 Å². The molecule has 0 amide bonds. The molecular formula is C17H11NO2S. The molecule has 102 valence electrons. The van der Waals surface area contributed by atoms with E-state index < -0.39 is 0 Å². The Kier molecular flexibility index (Phi) is 2.65. The van der Waals surface area contributed by atoms with Crippen molar-refractivity contribution in [3.8, 4) is 11.5 Å². The van der Waals surface area contributed by atoms with Crippen molar-refractivity contribution in [2.75, 3.05) is 0 Å². The maximum absolute atomic E-state index is 12.2. The minimum Gasteiger partial charge on any atom is -0.435 e. The van der Waals surface area contributed by atoms with Crippen LogP contribution in [0.15, 0.2) is 57.7 Å². The summed E-state index contributed by atoms with van der Waals surface area (Å²) in [6.45, 7) is 2.03. The van der Waals surface area contributed by atoms with E-state index in [2.05, 4.69) is 4.98 Å². The van der Waals surface area contributed by atoms with Gasteiger partial charge in [0.05, 0.1) is 0 Å². The van der Waals surface area contributed by atoms with Crippen LogP contribution < -0.4 is 4.74 Å². The third-order valence-corrected chi connectivity index (χ3v) is 4.41. The Morgan fingerprint density at radius 1 is 1.05 bits per heavy atom. The molecule has 2 heterocycles. The quantitative estimate of drug-likeness (QED) is 0.523. The van der Waals surface area contributed by atoms with Crippen LogP contribution >= 0.6 is 11.3 Å². The van der Waals surface area contributed by atoms with Gasteiger partial charge >= 0.3 is 0 Å². The summed E-state index contributed by atoms with van der Waals surface area (Å²) in [6, 6.07) is 15.7. The normalized spacial score (nSPS) is 11.3. The van der Waals surface area contributed by atoms with Crippen LogP contribution in [0.2, 0.25) is 0 Å². The second-order valence-electron chi connectivity index (χ2n) is 4.95. The highest BCUT2D eigenvalue weighted by Gasteiger charge is 2.14. The summed E-state index contributed by atoms with van der Waals surface area (Å²) < 4.78 is 6.74. The second-order valence-corrected chi connectivity index (χ2v) is 5.96. The first-order valence-electron chi connectivity index (χ1n) is 6.62. The molecule has 2 aromatic heterocycles. The molecule has 0 aliphatic carbocycles. The molecule has 0 fully saturated rings. The molecule has 0 N–H and O–H groups in total. The molecule has 21 heavy (non-hydrogen) atoms. The van der Waals surface area contributed by atoms with Crippen LogP contribution in [0.5, 0.6) is 0 Å². The number of hydrogen-bond acceptors (Lipinski definition) is 4. The van der Waals surface area contributed by atoms with E-state index in [1.54, 1.807) is 0 Å². The molecule has 4 rings (SSSR count). The first kappa shape index (κ1) is 12.3. The van der Waals surface area contributed by atoms with Gasteiger partial charge in [-0.25, -0.2) is 4.98 Å². The topological polar surface area (TPSA) is 43.1 Å². The van der Waals surface area contributed by atoms with Gasteiger partial charge in [0.15, 0.2) is 11.1 Å². The molecule has 0 spiro atoms. The lowest BCUT2D eigenvalue weighted by atomic mass is 10.1. The summed E-state index contributed by atoms with van der Waals surface area (Å²) in [5.41, 5.74) is 3.04. The van der Waals surface area contributed by atoms with E-state index in [9.17, 15) is 4.79 Å². The standard InChI is InChI=1S/C17H11NO2S/c1-10-6-8-11(9-7-10)16-18-14-15(20-16)12-4-2-3-5-13(12)21-17(14)19/h2-9H,1H3. The molecule has 2 aromatic carbocycles. The molecule has 0 saturated carbocycles. The SMILES string of the molecule is Cc1ccc(-c2nc3c(=O)sc4ccccc4c3o2)cc1. The highest BCUT2D eigenvalue weighted by molar-refractivity contribution is 7.16. The zero-order valence-electron chi connectivity index (χ0n) is 11.3. The van der Waals surface area contributed by atoms with Crippen LogP contribution in [-0.2, 0) is 0 Å². The van der Waals surface area contributed by atoms with Gasteiger partial charge in [-0.3, -0.25) is 4.79 Å². The molecule has 0 radical (unpaired) electrons. The predicted molar refractivity (Wildman–Crippen MR) is 85.8 cm³/mol. The van der Waals surface area contributed by atoms with Crippen LogP contribution in [0.4, 0.5) is 0 Å². The summed E-state index contributed by atoms with van der Waals surface area (Å²) in [4.78, 5) is 16.6. The molecule has 0 atom stereocenters. The molecule has 0 unspecified atom stereocenters. The van der Waals surface area contributed by atoms with Crippen molar-refractivity contribution in [2.24, 2.45) is 0 Å². The lowest BCUT2D eigenvalue weighted by Crippen LogP contribution is -1.94. The van der Waals surface area contributed by atoms with Crippen LogP contribution in [0, 0.1) is 6.92 Å². The monoisotopic (exact) mass is 293 g/mol. The molecule has 4 aromatic rings. The van der Waals surface area contributed by atoms with Crippen molar-refractivity contribution in [3.05, 3.63) is 63.6 Å². The fraction of sp³-hybridized carbons (Fsp3) is 0.0588. The smallest absolute Gasteiger partial charge is 0.262 e. The van der Waals surface area contributed by atoms with E-state index in [-0.39, 0.29) is 4.74 Å². The first-order valence-corrected chi connectivity index (χ1v) is 7.43. The molecule has 0 aliphatic heterocycles. The number of rotatable bonds is 1. The van der Waals surface area contributed by atoms with Crippen LogP contribution in [-0.4, -0.2) is 4.98 Å².